The molecule has 0 bridgehead atoms. The summed E-state index contributed by atoms with van der Waals surface area (Å²) in [5.41, 5.74) is 1.71. The number of aryl methyl sites for hydroxylation is 1. The number of carbonyl (C=O) groups is 1. The van der Waals surface area contributed by atoms with Gasteiger partial charge < -0.3 is 14.4 Å². The number of hydrogen-bond donors (Lipinski definition) is 0. The third-order valence-electron chi connectivity index (χ3n) is 3.16. The van der Waals surface area contributed by atoms with Crippen molar-refractivity contribution in [3.8, 4) is 0 Å². The summed E-state index contributed by atoms with van der Waals surface area (Å²) in [6, 6.07) is 5.69. The maximum Gasteiger partial charge on any atom is 0.255 e. The normalized spacial score (nSPS) is 12.2. The van der Waals surface area contributed by atoms with Gasteiger partial charge >= 0.3 is 0 Å². The Morgan fingerprint density at radius 3 is 2.65 bits per heavy atom. The van der Waals surface area contributed by atoms with Gasteiger partial charge in [0.05, 0.1) is 24.8 Å². The van der Waals surface area contributed by atoms with Gasteiger partial charge in [-0.3, -0.25) is 4.79 Å². The van der Waals surface area contributed by atoms with E-state index in [0.29, 0.717) is 25.3 Å². The van der Waals surface area contributed by atoms with Gasteiger partial charge in [-0.1, -0.05) is 12.1 Å². The Morgan fingerprint density at radius 2 is 2.05 bits per heavy atom. The van der Waals surface area contributed by atoms with Crippen LogP contribution >= 0.6 is 15.9 Å². The van der Waals surface area contributed by atoms with Crippen molar-refractivity contribution in [3.63, 3.8) is 0 Å². The highest BCUT2D eigenvalue weighted by atomic mass is 79.9. The molecule has 1 atom stereocenters. The van der Waals surface area contributed by atoms with Gasteiger partial charge in [0.25, 0.3) is 5.91 Å². The van der Waals surface area contributed by atoms with E-state index in [1.807, 2.05) is 32.0 Å². The van der Waals surface area contributed by atoms with E-state index in [-0.39, 0.29) is 11.9 Å². The van der Waals surface area contributed by atoms with Crippen LogP contribution in [0.15, 0.2) is 22.7 Å². The molecule has 1 amide bonds. The largest absolute Gasteiger partial charge is 0.383 e. The number of rotatable bonds is 7. The Hall–Kier alpha value is -0.910. The average molecular weight is 344 g/mol. The predicted octanol–water partition coefficient (Wildman–Crippen LogP) is 2.88. The average Bonchev–Trinajstić information content (AvgIpc) is 2.42. The van der Waals surface area contributed by atoms with Crippen LogP contribution in [-0.2, 0) is 9.47 Å². The van der Waals surface area contributed by atoms with E-state index in [4.69, 9.17) is 9.47 Å². The Labute approximate surface area is 129 Å². The maximum atomic E-state index is 12.7. The molecule has 0 radical (unpaired) electrons. The minimum Gasteiger partial charge on any atom is -0.383 e. The molecule has 0 aromatic heterocycles. The molecule has 0 fully saturated rings. The number of amides is 1. The molecule has 0 aliphatic rings. The van der Waals surface area contributed by atoms with E-state index in [1.165, 1.54) is 0 Å². The summed E-state index contributed by atoms with van der Waals surface area (Å²) in [6.07, 6.45) is 0. The van der Waals surface area contributed by atoms with Crippen LogP contribution in [-0.4, -0.2) is 50.8 Å². The molecular weight excluding hydrogens is 322 g/mol. The maximum absolute atomic E-state index is 12.7. The Morgan fingerprint density at radius 1 is 1.35 bits per heavy atom. The molecule has 4 nitrogen and oxygen atoms in total. The highest BCUT2D eigenvalue weighted by Gasteiger charge is 2.23. The lowest BCUT2D eigenvalue weighted by Gasteiger charge is -2.29. The fourth-order valence-corrected chi connectivity index (χ4v) is 2.44. The fourth-order valence-electron chi connectivity index (χ4n) is 2.01. The molecule has 0 saturated carbocycles. The van der Waals surface area contributed by atoms with Crippen LogP contribution in [0.4, 0.5) is 0 Å². The van der Waals surface area contributed by atoms with Gasteiger partial charge in [-0.05, 0) is 41.4 Å². The first kappa shape index (κ1) is 17.1. The van der Waals surface area contributed by atoms with Crippen LogP contribution in [0.1, 0.15) is 22.8 Å². The van der Waals surface area contributed by atoms with E-state index < -0.39 is 0 Å². The third-order valence-corrected chi connectivity index (χ3v) is 4.21. The summed E-state index contributed by atoms with van der Waals surface area (Å²) < 4.78 is 11.1. The highest BCUT2D eigenvalue weighted by Crippen LogP contribution is 2.23. The van der Waals surface area contributed by atoms with Crippen LogP contribution < -0.4 is 0 Å². The third kappa shape index (κ3) is 4.30. The van der Waals surface area contributed by atoms with Gasteiger partial charge in [-0.2, -0.15) is 0 Å². The van der Waals surface area contributed by atoms with Crippen molar-refractivity contribution in [2.45, 2.75) is 19.9 Å². The fraction of sp³-hybridized carbons (Fsp3) is 0.533. The van der Waals surface area contributed by atoms with E-state index in [9.17, 15) is 4.79 Å². The first-order valence-corrected chi connectivity index (χ1v) is 7.36. The molecule has 5 heteroatoms. The number of methoxy groups -OCH3 is 2. The molecule has 0 N–H and O–H groups in total. The van der Waals surface area contributed by atoms with Crippen molar-refractivity contribution in [3.05, 3.63) is 33.8 Å². The zero-order chi connectivity index (χ0) is 15.1. The lowest BCUT2D eigenvalue weighted by Crippen LogP contribution is -2.43. The van der Waals surface area contributed by atoms with E-state index in [2.05, 4.69) is 15.9 Å². The van der Waals surface area contributed by atoms with Gasteiger partial charge in [0.1, 0.15) is 0 Å². The quantitative estimate of drug-likeness (QED) is 0.764. The predicted molar refractivity (Wildman–Crippen MR) is 83.1 cm³/mol. The lowest BCUT2D eigenvalue weighted by atomic mass is 10.1. The van der Waals surface area contributed by atoms with Crippen molar-refractivity contribution in [2.24, 2.45) is 0 Å². The summed E-state index contributed by atoms with van der Waals surface area (Å²) in [4.78, 5) is 14.5. The number of nitrogens with zero attached hydrogens (tertiary/aromatic N) is 1. The summed E-state index contributed by atoms with van der Waals surface area (Å²) in [6.45, 7) is 5.49. The minimum atomic E-state index is -0.0119. The van der Waals surface area contributed by atoms with Crippen molar-refractivity contribution < 1.29 is 14.3 Å². The van der Waals surface area contributed by atoms with E-state index in [1.54, 1.807) is 19.1 Å². The van der Waals surface area contributed by atoms with Crippen molar-refractivity contribution in [1.29, 1.82) is 0 Å². The van der Waals surface area contributed by atoms with Crippen molar-refractivity contribution in [1.82, 2.24) is 4.90 Å². The van der Waals surface area contributed by atoms with E-state index in [0.717, 1.165) is 10.0 Å². The molecule has 0 spiro atoms. The number of ether oxygens (including phenoxy) is 2. The zero-order valence-electron chi connectivity index (χ0n) is 12.5. The molecule has 1 rings (SSSR count). The molecule has 112 valence electrons. The summed E-state index contributed by atoms with van der Waals surface area (Å²) in [7, 11) is 3.27. The zero-order valence-corrected chi connectivity index (χ0v) is 14.1. The number of benzene rings is 1. The second kappa shape index (κ2) is 8.39. The molecular formula is C15H22BrNO3. The van der Waals surface area contributed by atoms with Crippen molar-refractivity contribution in [2.75, 3.05) is 34.0 Å². The molecule has 1 unspecified atom stereocenters. The first-order valence-electron chi connectivity index (χ1n) is 6.56. The van der Waals surface area contributed by atoms with Crippen LogP contribution in [0.25, 0.3) is 0 Å². The second-order valence-corrected chi connectivity index (χ2v) is 5.53. The SMILES string of the molecule is COCCN(C(=O)c1cccc(C)c1Br)C(C)COC. The van der Waals surface area contributed by atoms with E-state index >= 15 is 0 Å². The second-order valence-electron chi connectivity index (χ2n) is 4.73. The minimum absolute atomic E-state index is 0.00457. The Kier molecular flexibility index (Phi) is 7.19. The first-order chi connectivity index (χ1) is 9.52. The van der Waals surface area contributed by atoms with Gasteiger partial charge in [-0.15, -0.1) is 0 Å². The van der Waals surface area contributed by atoms with Gasteiger partial charge in [0.15, 0.2) is 0 Å². The molecule has 0 saturated heterocycles. The van der Waals surface area contributed by atoms with Crippen LogP contribution in [0.5, 0.6) is 0 Å². The molecule has 0 heterocycles. The molecule has 0 aliphatic carbocycles. The molecule has 1 aromatic carbocycles. The number of carbonyl (C=O) groups excluding carboxylic acids is 1. The highest BCUT2D eigenvalue weighted by molar-refractivity contribution is 9.10. The van der Waals surface area contributed by atoms with Crippen molar-refractivity contribution >= 4 is 21.8 Å². The smallest absolute Gasteiger partial charge is 0.255 e. The van der Waals surface area contributed by atoms with Crippen LogP contribution in [0, 0.1) is 6.92 Å². The summed E-state index contributed by atoms with van der Waals surface area (Å²) >= 11 is 3.50. The van der Waals surface area contributed by atoms with Crippen LogP contribution in [0.3, 0.4) is 0 Å². The monoisotopic (exact) mass is 343 g/mol. The Balaban J connectivity index is 2.99. The van der Waals surface area contributed by atoms with Gasteiger partial charge in [0, 0.05) is 25.2 Å². The molecule has 20 heavy (non-hydrogen) atoms. The summed E-state index contributed by atoms with van der Waals surface area (Å²) in [5, 5.41) is 0. The van der Waals surface area contributed by atoms with Gasteiger partial charge in [0.2, 0.25) is 0 Å². The lowest BCUT2D eigenvalue weighted by molar-refractivity contribution is 0.0478. The molecule has 1 aromatic rings. The number of halogens is 1. The van der Waals surface area contributed by atoms with Crippen LogP contribution in [0.2, 0.25) is 0 Å². The summed E-state index contributed by atoms with van der Waals surface area (Å²) in [5.74, 6) is -0.0119. The standard InChI is InChI=1S/C15H22BrNO3/c1-11-6-5-7-13(14(11)16)15(18)17(8-9-19-3)12(2)10-20-4/h5-7,12H,8-10H2,1-4H3. The molecule has 0 aliphatic heterocycles. The topological polar surface area (TPSA) is 38.8 Å². The number of hydrogen-bond acceptors (Lipinski definition) is 3. The Bertz CT molecular complexity index is 451. The van der Waals surface area contributed by atoms with Gasteiger partial charge in [-0.25, -0.2) is 0 Å².